The molecular formula is C34H39N3O5. The van der Waals surface area contributed by atoms with Crippen molar-refractivity contribution in [1.29, 1.82) is 0 Å². The average Bonchev–Trinajstić information content (AvgIpc) is 3.50. The molecule has 0 bridgehead atoms. The number of para-hydroxylation sites is 1. The number of nitrogens with zero attached hydrogens (tertiary/aromatic N) is 2. The van der Waals surface area contributed by atoms with E-state index in [0.717, 1.165) is 24.3 Å². The van der Waals surface area contributed by atoms with Gasteiger partial charge in [-0.25, -0.2) is 0 Å². The second-order valence-electron chi connectivity index (χ2n) is 10.8. The number of ether oxygens (including phenoxy) is 3. The number of hydrogen-bond acceptors (Lipinski definition) is 6. The van der Waals surface area contributed by atoms with Crippen LogP contribution in [0.25, 0.3) is 0 Å². The highest BCUT2D eigenvalue weighted by atomic mass is 16.7. The number of hydrogen-bond donors (Lipinski definition) is 1. The second-order valence-corrected chi connectivity index (χ2v) is 10.8. The van der Waals surface area contributed by atoms with Crippen LogP contribution in [-0.4, -0.2) is 48.7 Å². The molecule has 0 saturated carbocycles. The summed E-state index contributed by atoms with van der Waals surface area (Å²) in [6.07, 6.45) is 1.16. The number of carbonyl (C=O) groups is 2. The molecule has 0 saturated heterocycles. The predicted molar refractivity (Wildman–Crippen MR) is 163 cm³/mol. The van der Waals surface area contributed by atoms with E-state index < -0.39 is 18.2 Å². The number of benzene rings is 3. The Morgan fingerprint density at radius 1 is 1.00 bits per heavy atom. The second kappa shape index (κ2) is 13.0. The fourth-order valence-electron chi connectivity index (χ4n) is 5.60. The van der Waals surface area contributed by atoms with Gasteiger partial charge in [0.15, 0.2) is 11.9 Å². The van der Waals surface area contributed by atoms with Crippen LogP contribution in [0.1, 0.15) is 44.9 Å². The topological polar surface area (TPSA) is 80.3 Å². The van der Waals surface area contributed by atoms with Crippen molar-refractivity contribution in [3.05, 3.63) is 102 Å². The maximum absolute atomic E-state index is 14.6. The summed E-state index contributed by atoms with van der Waals surface area (Å²) < 4.78 is 17.9. The van der Waals surface area contributed by atoms with Crippen LogP contribution in [0.4, 0.5) is 11.4 Å². The van der Waals surface area contributed by atoms with Crippen molar-refractivity contribution in [1.82, 2.24) is 4.90 Å². The molecule has 0 aromatic heterocycles. The van der Waals surface area contributed by atoms with Crippen LogP contribution in [0, 0.1) is 5.92 Å². The Bertz CT molecular complexity index is 1410. The minimum Gasteiger partial charge on any atom is -0.480 e. The molecule has 42 heavy (non-hydrogen) atoms. The van der Waals surface area contributed by atoms with Gasteiger partial charge in [0.1, 0.15) is 18.1 Å². The number of fused-ring (bicyclic) bond motifs is 1. The zero-order chi connectivity index (χ0) is 29.6. The quantitative estimate of drug-likeness (QED) is 0.327. The average molecular weight is 570 g/mol. The van der Waals surface area contributed by atoms with Gasteiger partial charge in [-0.3, -0.25) is 9.59 Å². The smallest absolute Gasteiger partial charge is 0.265 e. The third kappa shape index (κ3) is 6.08. The summed E-state index contributed by atoms with van der Waals surface area (Å²) in [4.78, 5) is 32.8. The van der Waals surface area contributed by atoms with Crippen LogP contribution in [-0.2, 0) is 25.5 Å². The third-order valence-corrected chi connectivity index (χ3v) is 7.77. The van der Waals surface area contributed by atoms with Crippen LogP contribution in [0.15, 0.2) is 90.9 Å². The van der Waals surface area contributed by atoms with Crippen molar-refractivity contribution >= 4 is 23.2 Å². The van der Waals surface area contributed by atoms with Gasteiger partial charge in [-0.05, 0) is 43.5 Å². The van der Waals surface area contributed by atoms with Crippen LogP contribution in [0.5, 0.6) is 5.75 Å². The maximum atomic E-state index is 14.6. The molecule has 3 unspecified atom stereocenters. The molecule has 5 rings (SSSR count). The molecule has 3 aromatic rings. The van der Waals surface area contributed by atoms with E-state index in [2.05, 4.69) is 24.1 Å². The normalized spacial score (nSPS) is 18.6. The van der Waals surface area contributed by atoms with Crippen molar-refractivity contribution in [3.8, 4) is 5.75 Å². The molecular weight excluding hydrogens is 530 g/mol. The zero-order valence-electron chi connectivity index (χ0n) is 24.7. The first-order valence-corrected chi connectivity index (χ1v) is 14.6. The Labute approximate surface area is 247 Å². The molecule has 2 aliphatic heterocycles. The summed E-state index contributed by atoms with van der Waals surface area (Å²) >= 11 is 0. The predicted octanol–water partition coefficient (Wildman–Crippen LogP) is 5.92. The SMILES string of the molecule is CCN(CC)c1ccc2c(c1)OC(C(C)C)C(=O)N(C(Cc1ccccc1)C1=COCO1)C2C(=O)Nc1ccccc1. The lowest BCUT2D eigenvalue weighted by atomic mass is 9.95. The largest absolute Gasteiger partial charge is 0.480 e. The van der Waals surface area contributed by atoms with Gasteiger partial charge in [0.25, 0.3) is 11.8 Å². The summed E-state index contributed by atoms with van der Waals surface area (Å²) in [5.41, 5.74) is 3.23. The number of amides is 2. The van der Waals surface area contributed by atoms with E-state index >= 15 is 0 Å². The maximum Gasteiger partial charge on any atom is 0.265 e. The lowest BCUT2D eigenvalue weighted by Gasteiger charge is -2.37. The molecule has 0 fully saturated rings. The van der Waals surface area contributed by atoms with E-state index in [-0.39, 0.29) is 24.5 Å². The Morgan fingerprint density at radius 2 is 1.69 bits per heavy atom. The highest BCUT2D eigenvalue weighted by molar-refractivity contribution is 5.99. The van der Waals surface area contributed by atoms with E-state index in [9.17, 15) is 9.59 Å². The highest BCUT2D eigenvalue weighted by Gasteiger charge is 2.47. The number of nitrogens with one attached hydrogen (secondary N) is 1. The fourth-order valence-corrected chi connectivity index (χ4v) is 5.60. The molecule has 0 spiro atoms. The van der Waals surface area contributed by atoms with Gasteiger partial charge in [0.05, 0.1) is 6.04 Å². The van der Waals surface area contributed by atoms with E-state index in [0.29, 0.717) is 29.2 Å². The first-order valence-electron chi connectivity index (χ1n) is 14.6. The number of rotatable bonds is 10. The first-order chi connectivity index (χ1) is 20.4. The molecule has 1 N–H and O–H groups in total. The standard InChI is InChI=1S/C34H39N3O5/c1-5-36(6-2)26-17-18-27-29(20-26)42-32(23(3)4)34(39)37(31(27)33(38)35-25-15-11-8-12-16-25)28(30-21-40-22-41-30)19-24-13-9-7-10-14-24/h7-18,20-21,23,28,31-32H,5-6,19,22H2,1-4H3,(H,35,38). The van der Waals surface area contributed by atoms with Gasteiger partial charge in [0, 0.05) is 42.5 Å². The van der Waals surface area contributed by atoms with Gasteiger partial charge in [-0.1, -0.05) is 68.4 Å². The summed E-state index contributed by atoms with van der Waals surface area (Å²) in [5.74, 6) is 0.245. The van der Waals surface area contributed by atoms with E-state index in [1.54, 1.807) is 11.2 Å². The van der Waals surface area contributed by atoms with E-state index in [4.69, 9.17) is 14.2 Å². The first kappa shape index (κ1) is 29.0. The van der Waals surface area contributed by atoms with Crippen molar-refractivity contribution in [2.75, 3.05) is 30.1 Å². The summed E-state index contributed by atoms with van der Waals surface area (Å²) in [6, 6.07) is 23.4. The van der Waals surface area contributed by atoms with E-state index in [1.165, 1.54) is 0 Å². The van der Waals surface area contributed by atoms with Gasteiger partial charge in [0.2, 0.25) is 6.79 Å². The monoisotopic (exact) mass is 569 g/mol. The van der Waals surface area contributed by atoms with Crippen molar-refractivity contribution in [3.63, 3.8) is 0 Å². The minimum absolute atomic E-state index is 0.0530. The Hall–Kier alpha value is -4.46. The molecule has 2 heterocycles. The van der Waals surface area contributed by atoms with Gasteiger partial charge in [-0.15, -0.1) is 0 Å². The van der Waals surface area contributed by atoms with Gasteiger partial charge >= 0.3 is 0 Å². The van der Waals surface area contributed by atoms with Crippen molar-refractivity contribution in [2.24, 2.45) is 5.92 Å². The molecule has 3 atom stereocenters. The van der Waals surface area contributed by atoms with Crippen LogP contribution >= 0.6 is 0 Å². The molecule has 8 heteroatoms. The zero-order valence-corrected chi connectivity index (χ0v) is 24.7. The van der Waals surface area contributed by atoms with Crippen LogP contribution in [0.2, 0.25) is 0 Å². The Kier molecular flexibility index (Phi) is 9.00. The molecule has 0 aliphatic carbocycles. The van der Waals surface area contributed by atoms with Crippen molar-refractivity contribution in [2.45, 2.75) is 52.3 Å². The molecule has 2 aliphatic rings. The lowest BCUT2D eigenvalue weighted by Crippen LogP contribution is -2.53. The number of carbonyl (C=O) groups excluding carboxylic acids is 2. The third-order valence-electron chi connectivity index (χ3n) is 7.77. The van der Waals surface area contributed by atoms with Crippen LogP contribution in [0.3, 0.4) is 0 Å². The lowest BCUT2D eigenvalue weighted by molar-refractivity contribution is -0.148. The molecule has 0 radical (unpaired) electrons. The molecule has 220 valence electrons. The highest BCUT2D eigenvalue weighted by Crippen LogP contribution is 2.41. The summed E-state index contributed by atoms with van der Waals surface area (Å²) in [6.45, 7) is 9.80. The van der Waals surface area contributed by atoms with E-state index in [1.807, 2.05) is 92.7 Å². The molecule has 3 aromatic carbocycles. The fraction of sp³-hybridized carbons (Fsp3) is 0.353. The summed E-state index contributed by atoms with van der Waals surface area (Å²) in [7, 11) is 0. The molecule has 8 nitrogen and oxygen atoms in total. The Balaban J connectivity index is 1.69. The Morgan fingerprint density at radius 3 is 2.31 bits per heavy atom. The van der Waals surface area contributed by atoms with Crippen molar-refractivity contribution < 1.29 is 23.8 Å². The summed E-state index contributed by atoms with van der Waals surface area (Å²) in [5, 5.41) is 3.05. The number of anilines is 2. The van der Waals surface area contributed by atoms with Gasteiger partial charge in [-0.2, -0.15) is 0 Å². The minimum atomic E-state index is -0.999. The molecule has 2 amide bonds. The van der Waals surface area contributed by atoms with Crippen LogP contribution < -0.4 is 15.0 Å². The van der Waals surface area contributed by atoms with Gasteiger partial charge < -0.3 is 29.3 Å².